The van der Waals surface area contributed by atoms with Crippen LogP contribution in [0.2, 0.25) is 0 Å². The number of morpholine rings is 1. The van der Waals surface area contributed by atoms with Crippen molar-refractivity contribution in [3.05, 3.63) is 11.6 Å². The van der Waals surface area contributed by atoms with Crippen LogP contribution in [0.4, 0.5) is 0 Å². The summed E-state index contributed by atoms with van der Waals surface area (Å²) in [5.74, 6) is 0. The molecule has 2 saturated heterocycles. The van der Waals surface area contributed by atoms with E-state index in [2.05, 4.69) is 4.90 Å². The second-order valence-electron chi connectivity index (χ2n) is 3.16. The quantitative estimate of drug-likeness (QED) is 0.623. The highest BCUT2D eigenvalue weighted by molar-refractivity contribution is 6.25. The summed E-state index contributed by atoms with van der Waals surface area (Å²) < 4.78 is 5.46. The highest BCUT2D eigenvalue weighted by Crippen LogP contribution is 2.27. The Morgan fingerprint density at radius 2 is 2.55 bits per heavy atom. The molecule has 11 heavy (non-hydrogen) atoms. The molecule has 2 unspecified atom stereocenters. The predicted octanol–water partition coefficient (Wildman–Crippen LogP) is 1.21. The third-order valence-electron chi connectivity index (χ3n) is 2.44. The lowest BCUT2D eigenvalue weighted by Crippen LogP contribution is -2.36. The molecule has 0 aromatic heterocycles. The SMILES string of the molecule is Cl/C=C/CN1CC2CC1CO2. The van der Waals surface area contributed by atoms with Crippen LogP contribution in [0.3, 0.4) is 0 Å². The minimum Gasteiger partial charge on any atom is -0.375 e. The van der Waals surface area contributed by atoms with E-state index in [-0.39, 0.29) is 0 Å². The maximum Gasteiger partial charge on any atom is 0.0718 e. The lowest BCUT2D eigenvalue weighted by atomic mass is 10.2. The average Bonchev–Trinajstić information content (AvgIpc) is 2.60. The molecule has 0 spiro atoms. The first kappa shape index (κ1) is 7.59. The summed E-state index contributed by atoms with van der Waals surface area (Å²) in [5.41, 5.74) is 1.59. The number of ether oxygens (including phenoxy) is 1. The van der Waals surface area contributed by atoms with E-state index in [0.717, 1.165) is 19.7 Å². The minimum absolute atomic E-state index is 0.503. The lowest BCUT2D eigenvalue weighted by Gasteiger charge is -2.24. The Bertz CT molecular complexity index is 171. The van der Waals surface area contributed by atoms with Crippen molar-refractivity contribution in [1.82, 2.24) is 4.90 Å². The van der Waals surface area contributed by atoms with Gasteiger partial charge in [-0.05, 0) is 6.42 Å². The zero-order chi connectivity index (χ0) is 7.68. The third-order valence-corrected chi connectivity index (χ3v) is 2.62. The summed E-state index contributed by atoms with van der Waals surface area (Å²) in [4.78, 5) is 2.42. The van der Waals surface area contributed by atoms with Gasteiger partial charge in [0.15, 0.2) is 0 Å². The van der Waals surface area contributed by atoms with Crippen LogP contribution in [0.15, 0.2) is 11.6 Å². The Morgan fingerprint density at radius 3 is 3.09 bits per heavy atom. The fraction of sp³-hybridized carbons (Fsp3) is 0.750. The Balaban J connectivity index is 1.87. The van der Waals surface area contributed by atoms with E-state index in [9.17, 15) is 0 Å². The van der Waals surface area contributed by atoms with Gasteiger partial charge in [-0.1, -0.05) is 17.7 Å². The van der Waals surface area contributed by atoms with Gasteiger partial charge in [0, 0.05) is 24.7 Å². The molecule has 2 atom stereocenters. The van der Waals surface area contributed by atoms with Crippen molar-refractivity contribution >= 4 is 11.6 Å². The van der Waals surface area contributed by atoms with Crippen LogP contribution in [0.1, 0.15) is 6.42 Å². The normalized spacial score (nSPS) is 37.5. The van der Waals surface area contributed by atoms with Gasteiger partial charge in [-0.2, -0.15) is 0 Å². The van der Waals surface area contributed by atoms with E-state index in [1.807, 2.05) is 6.08 Å². The zero-order valence-electron chi connectivity index (χ0n) is 6.37. The van der Waals surface area contributed by atoms with Crippen molar-refractivity contribution in [3.8, 4) is 0 Å². The number of hydrogen-bond acceptors (Lipinski definition) is 2. The summed E-state index contributed by atoms with van der Waals surface area (Å²) in [6, 6.07) is 0.660. The molecular formula is C8H12ClNO. The van der Waals surface area contributed by atoms with Gasteiger partial charge in [0.25, 0.3) is 0 Å². The summed E-state index contributed by atoms with van der Waals surface area (Å²) >= 11 is 5.44. The molecule has 62 valence electrons. The van der Waals surface area contributed by atoms with Gasteiger partial charge in [0.1, 0.15) is 0 Å². The van der Waals surface area contributed by atoms with Crippen LogP contribution >= 0.6 is 11.6 Å². The molecule has 0 aromatic carbocycles. The maximum atomic E-state index is 5.46. The number of hydrogen-bond donors (Lipinski definition) is 0. The van der Waals surface area contributed by atoms with Crippen LogP contribution in [-0.4, -0.2) is 36.7 Å². The van der Waals surface area contributed by atoms with Crippen LogP contribution in [-0.2, 0) is 4.74 Å². The number of rotatable bonds is 2. The van der Waals surface area contributed by atoms with E-state index < -0.39 is 0 Å². The second kappa shape index (κ2) is 3.13. The molecule has 2 aliphatic heterocycles. The van der Waals surface area contributed by atoms with E-state index in [4.69, 9.17) is 16.3 Å². The molecule has 2 aliphatic rings. The second-order valence-corrected chi connectivity index (χ2v) is 3.41. The molecule has 0 aliphatic carbocycles. The third kappa shape index (κ3) is 1.43. The maximum absolute atomic E-state index is 5.46. The Morgan fingerprint density at radius 1 is 1.64 bits per heavy atom. The highest BCUT2D eigenvalue weighted by atomic mass is 35.5. The Labute approximate surface area is 71.8 Å². The van der Waals surface area contributed by atoms with Crippen molar-refractivity contribution in [1.29, 1.82) is 0 Å². The highest BCUT2D eigenvalue weighted by Gasteiger charge is 2.37. The molecule has 2 heterocycles. The molecule has 0 saturated carbocycles. The van der Waals surface area contributed by atoms with Crippen molar-refractivity contribution < 1.29 is 4.74 Å². The van der Waals surface area contributed by atoms with Gasteiger partial charge >= 0.3 is 0 Å². The molecule has 0 aromatic rings. The molecular weight excluding hydrogens is 162 g/mol. The molecule has 2 fully saturated rings. The van der Waals surface area contributed by atoms with Crippen LogP contribution in [0.25, 0.3) is 0 Å². The first-order valence-corrected chi connectivity index (χ1v) is 4.44. The van der Waals surface area contributed by atoms with Crippen molar-refractivity contribution in [3.63, 3.8) is 0 Å². The van der Waals surface area contributed by atoms with E-state index in [1.165, 1.54) is 6.42 Å². The average molecular weight is 174 g/mol. The van der Waals surface area contributed by atoms with Gasteiger partial charge in [-0.25, -0.2) is 0 Å². The van der Waals surface area contributed by atoms with E-state index >= 15 is 0 Å². The van der Waals surface area contributed by atoms with Crippen molar-refractivity contribution in [2.75, 3.05) is 19.7 Å². The number of fused-ring (bicyclic) bond motifs is 2. The van der Waals surface area contributed by atoms with Gasteiger partial charge < -0.3 is 4.74 Å². The largest absolute Gasteiger partial charge is 0.375 e. The summed E-state index contributed by atoms with van der Waals surface area (Å²) in [7, 11) is 0. The molecule has 2 bridgehead atoms. The molecule has 0 amide bonds. The number of likely N-dealkylation sites (tertiary alicyclic amines) is 1. The van der Waals surface area contributed by atoms with Crippen molar-refractivity contribution in [2.24, 2.45) is 0 Å². The first-order chi connectivity index (χ1) is 5.40. The van der Waals surface area contributed by atoms with Crippen LogP contribution < -0.4 is 0 Å². The zero-order valence-corrected chi connectivity index (χ0v) is 7.13. The van der Waals surface area contributed by atoms with Gasteiger partial charge in [-0.15, -0.1) is 0 Å². The molecule has 3 heteroatoms. The summed E-state index contributed by atoms with van der Waals surface area (Å²) in [5, 5.41) is 0. The van der Waals surface area contributed by atoms with Crippen molar-refractivity contribution in [2.45, 2.75) is 18.6 Å². The molecule has 0 N–H and O–H groups in total. The standard InChI is InChI=1S/C8H12ClNO/c9-2-1-3-10-5-8-4-7(10)6-11-8/h1-2,7-8H,3-6H2/b2-1+. The van der Waals surface area contributed by atoms with Gasteiger partial charge in [0.05, 0.1) is 12.7 Å². The first-order valence-electron chi connectivity index (χ1n) is 4.01. The Kier molecular flexibility index (Phi) is 2.16. The van der Waals surface area contributed by atoms with Crippen LogP contribution in [0.5, 0.6) is 0 Å². The lowest BCUT2D eigenvalue weighted by molar-refractivity contribution is 0.0356. The molecule has 0 radical (unpaired) electrons. The van der Waals surface area contributed by atoms with Gasteiger partial charge in [0.2, 0.25) is 0 Å². The fourth-order valence-electron chi connectivity index (χ4n) is 1.88. The summed E-state index contributed by atoms with van der Waals surface area (Å²) in [6.07, 6.45) is 3.71. The predicted molar refractivity (Wildman–Crippen MR) is 44.7 cm³/mol. The Hall–Kier alpha value is -0.0500. The fourth-order valence-corrected chi connectivity index (χ4v) is 1.96. The number of halogens is 1. The van der Waals surface area contributed by atoms with E-state index in [0.29, 0.717) is 12.1 Å². The topological polar surface area (TPSA) is 12.5 Å². The summed E-state index contributed by atoms with van der Waals surface area (Å²) in [6.45, 7) is 2.99. The van der Waals surface area contributed by atoms with E-state index in [1.54, 1.807) is 5.54 Å². The number of nitrogens with zero attached hydrogens (tertiary/aromatic N) is 1. The smallest absolute Gasteiger partial charge is 0.0718 e. The molecule has 2 nitrogen and oxygen atoms in total. The minimum atomic E-state index is 0.503. The monoisotopic (exact) mass is 173 g/mol. The van der Waals surface area contributed by atoms with Gasteiger partial charge in [-0.3, -0.25) is 4.90 Å². The van der Waals surface area contributed by atoms with Crippen LogP contribution in [0, 0.1) is 0 Å². The molecule has 2 rings (SSSR count).